The Morgan fingerprint density at radius 1 is 1.09 bits per heavy atom. The Morgan fingerprint density at radius 2 is 1.83 bits per heavy atom. The van der Waals surface area contributed by atoms with Crippen LogP contribution in [-0.2, 0) is 0 Å². The zero-order chi connectivity index (χ0) is 16.5. The first-order valence-electron chi connectivity index (χ1n) is 8.48. The van der Waals surface area contributed by atoms with Gasteiger partial charge in [-0.3, -0.25) is 4.79 Å². The maximum absolute atomic E-state index is 12.3. The van der Waals surface area contributed by atoms with E-state index in [1.165, 1.54) is 38.5 Å². The summed E-state index contributed by atoms with van der Waals surface area (Å²) in [6.07, 6.45) is 7.82. The van der Waals surface area contributed by atoms with E-state index in [-0.39, 0.29) is 5.91 Å². The fraction of sp³-hybridized carbons (Fsp3) is 0.611. The summed E-state index contributed by atoms with van der Waals surface area (Å²) in [5, 5.41) is 6.49. The maximum atomic E-state index is 12.3. The van der Waals surface area contributed by atoms with Crippen molar-refractivity contribution in [1.82, 2.24) is 10.6 Å². The maximum Gasteiger partial charge on any atom is 0.255 e. The summed E-state index contributed by atoms with van der Waals surface area (Å²) < 4.78 is 10.4. The van der Waals surface area contributed by atoms with Gasteiger partial charge in [0.05, 0.1) is 19.8 Å². The second-order valence-corrected chi connectivity index (χ2v) is 5.96. The standard InChI is InChI=1S/C18H28N2O3/c1-22-15-9-10-17(23-2)16(13-15)18(21)20-12-11-19-14-7-5-3-4-6-8-14/h9-10,13-14,19H,3-8,11-12H2,1-2H3,(H,20,21). The van der Waals surface area contributed by atoms with Crippen LogP contribution in [0.15, 0.2) is 18.2 Å². The van der Waals surface area contributed by atoms with Gasteiger partial charge in [0.1, 0.15) is 11.5 Å². The van der Waals surface area contributed by atoms with E-state index in [1.54, 1.807) is 32.4 Å². The Morgan fingerprint density at radius 3 is 2.48 bits per heavy atom. The van der Waals surface area contributed by atoms with Crippen LogP contribution < -0.4 is 20.1 Å². The molecule has 128 valence electrons. The predicted octanol–water partition coefficient (Wildman–Crippen LogP) is 2.75. The summed E-state index contributed by atoms with van der Waals surface area (Å²) in [5.74, 6) is 1.07. The second-order valence-electron chi connectivity index (χ2n) is 5.96. The van der Waals surface area contributed by atoms with Crippen molar-refractivity contribution in [3.8, 4) is 11.5 Å². The smallest absolute Gasteiger partial charge is 0.255 e. The van der Waals surface area contributed by atoms with Crippen molar-refractivity contribution in [3.05, 3.63) is 23.8 Å². The average Bonchev–Trinajstić information content (AvgIpc) is 2.86. The van der Waals surface area contributed by atoms with E-state index in [0.29, 0.717) is 29.6 Å². The van der Waals surface area contributed by atoms with Gasteiger partial charge in [0.2, 0.25) is 0 Å². The van der Waals surface area contributed by atoms with Crippen molar-refractivity contribution in [2.24, 2.45) is 0 Å². The quantitative estimate of drug-likeness (QED) is 0.599. The number of rotatable bonds is 7. The van der Waals surface area contributed by atoms with Crippen LogP contribution in [-0.4, -0.2) is 39.3 Å². The lowest BCUT2D eigenvalue weighted by atomic mass is 10.1. The molecule has 1 aliphatic carbocycles. The Balaban J connectivity index is 1.80. The van der Waals surface area contributed by atoms with E-state index < -0.39 is 0 Å². The van der Waals surface area contributed by atoms with Crippen LogP contribution in [0.4, 0.5) is 0 Å². The van der Waals surface area contributed by atoms with Crippen molar-refractivity contribution in [2.75, 3.05) is 27.3 Å². The Bertz CT molecular complexity index is 497. The molecule has 2 N–H and O–H groups in total. The molecular formula is C18H28N2O3. The first-order chi connectivity index (χ1) is 11.2. The van der Waals surface area contributed by atoms with Crippen LogP contribution in [0.1, 0.15) is 48.9 Å². The van der Waals surface area contributed by atoms with Gasteiger partial charge in [0.25, 0.3) is 5.91 Å². The SMILES string of the molecule is COc1ccc(OC)c(C(=O)NCCNC2CCCCCC2)c1. The van der Waals surface area contributed by atoms with E-state index in [0.717, 1.165) is 6.54 Å². The number of hydrogen-bond acceptors (Lipinski definition) is 4. The van der Waals surface area contributed by atoms with Crippen molar-refractivity contribution in [2.45, 2.75) is 44.6 Å². The molecule has 1 aliphatic rings. The molecule has 0 atom stereocenters. The van der Waals surface area contributed by atoms with Crippen LogP contribution in [0.25, 0.3) is 0 Å². The summed E-state index contributed by atoms with van der Waals surface area (Å²) in [7, 11) is 3.15. The van der Waals surface area contributed by atoms with E-state index in [4.69, 9.17) is 9.47 Å². The highest BCUT2D eigenvalue weighted by Gasteiger charge is 2.14. The van der Waals surface area contributed by atoms with Crippen molar-refractivity contribution >= 4 is 5.91 Å². The molecule has 1 amide bonds. The number of methoxy groups -OCH3 is 2. The number of hydrogen-bond donors (Lipinski definition) is 2. The number of amides is 1. The third-order valence-corrected chi connectivity index (χ3v) is 4.35. The van der Waals surface area contributed by atoms with Crippen LogP contribution >= 0.6 is 0 Å². The summed E-state index contributed by atoms with van der Waals surface area (Å²) >= 11 is 0. The first kappa shape index (κ1) is 17.6. The highest BCUT2D eigenvalue weighted by atomic mass is 16.5. The van der Waals surface area contributed by atoms with E-state index in [2.05, 4.69) is 10.6 Å². The summed E-state index contributed by atoms with van der Waals surface area (Å²) in [6, 6.07) is 5.83. The lowest BCUT2D eigenvalue weighted by Crippen LogP contribution is -2.37. The van der Waals surface area contributed by atoms with Gasteiger partial charge in [-0.25, -0.2) is 0 Å². The highest BCUT2D eigenvalue weighted by molar-refractivity contribution is 5.97. The monoisotopic (exact) mass is 320 g/mol. The van der Waals surface area contributed by atoms with Gasteiger partial charge in [-0.2, -0.15) is 0 Å². The molecule has 1 aromatic carbocycles. The Hall–Kier alpha value is -1.75. The first-order valence-corrected chi connectivity index (χ1v) is 8.48. The van der Waals surface area contributed by atoms with Gasteiger partial charge in [-0.1, -0.05) is 25.7 Å². The average molecular weight is 320 g/mol. The molecule has 1 fully saturated rings. The normalized spacial score (nSPS) is 15.7. The summed E-state index contributed by atoms with van der Waals surface area (Å²) in [4.78, 5) is 12.3. The van der Waals surface area contributed by atoms with Gasteiger partial charge in [-0.15, -0.1) is 0 Å². The third-order valence-electron chi connectivity index (χ3n) is 4.35. The topological polar surface area (TPSA) is 59.6 Å². The van der Waals surface area contributed by atoms with Crippen molar-refractivity contribution in [1.29, 1.82) is 0 Å². The van der Waals surface area contributed by atoms with Crippen LogP contribution in [0.2, 0.25) is 0 Å². The molecule has 23 heavy (non-hydrogen) atoms. The van der Waals surface area contributed by atoms with Gasteiger partial charge in [-0.05, 0) is 31.0 Å². The molecule has 0 bridgehead atoms. The van der Waals surface area contributed by atoms with Crippen LogP contribution in [0.3, 0.4) is 0 Å². The number of nitrogens with one attached hydrogen (secondary N) is 2. The second kappa shape index (κ2) is 9.40. The number of ether oxygens (including phenoxy) is 2. The van der Waals surface area contributed by atoms with E-state index in [9.17, 15) is 4.79 Å². The minimum absolute atomic E-state index is 0.136. The van der Waals surface area contributed by atoms with Crippen LogP contribution in [0, 0.1) is 0 Å². The third kappa shape index (κ3) is 5.43. The molecule has 5 heteroatoms. The molecule has 0 saturated heterocycles. The Kier molecular flexibility index (Phi) is 7.20. The summed E-state index contributed by atoms with van der Waals surface area (Å²) in [5.41, 5.74) is 0.501. The number of carbonyl (C=O) groups is 1. The molecular weight excluding hydrogens is 292 g/mol. The molecule has 5 nitrogen and oxygen atoms in total. The Labute approximate surface area is 138 Å². The fourth-order valence-electron chi connectivity index (χ4n) is 3.02. The molecule has 0 spiro atoms. The molecule has 1 saturated carbocycles. The van der Waals surface area contributed by atoms with Crippen molar-refractivity contribution in [3.63, 3.8) is 0 Å². The number of carbonyl (C=O) groups excluding carboxylic acids is 1. The lowest BCUT2D eigenvalue weighted by molar-refractivity contribution is 0.0950. The molecule has 0 unspecified atom stereocenters. The van der Waals surface area contributed by atoms with Crippen molar-refractivity contribution < 1.29 is 14.3 Å². The zero-order valence-corrected chi connectivity index (χ0v) is 14.2. The van der Waals surface area contributed by atoms with E-state index in [1.807, 2.05) is 0 Å². The largest absolute Gasteiger partial charge is 0.497 e. The minimum atomic E-state index is -0.136. The molecule has 0 heterocycles. The molecule has 0 radical (unpaired) electrons. The van der Waals surface area contributed by atoms with Gasteiger partial charge >= 0.3 is 0 Å². The summed E-state index contributed by atoms with van der Waals surface area (Å²) in [6.45, 7) is 1.40. The molecule has 0 aliphatic heterocycles. The zero-order valence-electron chi connectivity index (χ0n) is 14.2. The molecule has 2 rings (SSSR count). The van der Waals surface area contributed by atoms with Gasteiger partial charge in [0, 0.05) is 19.1 Å². The van der Waals surface area contributed by atoms with Gasteiger partial charge in [0.15, 0.2) is 0 Å². The minimum Gasteiger partial charge on any atom is -0.497 e. The van der Waals surface area contributed by atoms with E-state index >= 15 is 0 Å². The number of benzene rings is 1. The molecule has 1 aromatic rings. The fourth-order valence-corrected chi connectivity index (χ4v) is 3.02. The van der Waals surface area contributed by atoms with Gasteiger partial charge < -0.3 is 20.1 Å². The highest BCUT2D eigenvalue weighted by Crippen LogP contribution is 2.23. The lowest BCUT2D eigenvalue weighted by Gasteiger charge is -2.16. The predicted molar refractivity (Wildman–Crippen MR) is 91.4 cm³/mol. The van der Waals surface area contributed by atoms with Crippen LogP contribution in [0.5, 0.6) is 11.5 Å². The molecule has 0 aromatic heterocycles.